The SMILES string of the molecule is CCOc1cccnc1N(CC)C1CCCC1CN. The molecule has 0 radical (unpaired) electrons. The molecule has 1 aromatic rings. The van der Waals surface area contributed by atoms with Crippen molar-refractivity contribution < 1.29 is 4.74 Å². The Morgan fingerprint density at radius 2 is 2.26 bits per heavy atom. The Kier molecular flexibility index (Phi) is 5.02. The zero-order valence-corrected chi connectivity index (χ0v) is 12.0. The van der Waals surface area contributed by atoms with E-state index in [4.69, 9.17) is 10.5 Å². The van der Waals surface area contributed by atoms with E-state index in [2.05, 4.69) is 16.8 Å². The summed E-state index contributed by atoms with van der Waals surface area (Å²) in [6.45, 7) is 6.55. The van der Waals surface area contributed by atoms with Gasteiger partial charge in [-0.05, 0) is 51.3 Å². The summed E-state index contributed by atoms with van der Waals surface area (Å²) in [5, 5.41) is 0. The summed E-state index contributed by atoms with van der Waals surface area (Å²) in [5.74, 6) is 2.43. The Morgan fingerprint density at radius 1 is 1.42 bits per heavy atom. The van der Waals surface area contributed by atoms with Crippen LogP contribution in [-0.4, -0.2) is 30.7 Å². The average Bonchev–Trinajstić information content (AvgIpc) is 2.90. The molecule has 0 saturated heterocycles. The Morgan fingerprint density at radius 3 is 2.95 bits per heavy atom. The zero-order valence-electron chi connectivity index (χ0n) is 12.0. The van der Waals surface area contributed by atoms with Gasteiger partial charge >= 0.3 is 0 Å². The number of nitrogens with two attached hydrogens (primary N) is 1. The Balaban J connectivity index is 2.26. The van der Waals surface area contributed by atoms with Crippen molar-refractivity contribution in [1.82, 2.24) is 4.98 Å². The molecule has 1 saturated carbocycles. The minimum absolute atomic E-state index is 0.504. The molecule has 106 valence electrons. The van der Waals surface area contributed by atoms with E-state index in [0.717, 1.165) is 24.7 Å². The number of hydrogen-bond donors (Lipinski definition) is 1. The van der Waals surface area contributed by atoms with Crippen molar-refractivity contribution in [2.24, 2.45) is 11.7 Å². The van der Waals surface area contributed by atoms with Crippen LogP contribution in [0.1, 0.15) is 33.1 Å². The second kappa shape index (κ2) is 6.75. The van der Waals surface area contributed by atoms with E-state index in [9.17, 15) is 0 Å². The summed E-state index contributed by atoms with van der Waals surface area (Å²) >= 11 is 0. The number of aromatic nitrogens is 1. The molecule has 2 rings (SSSR count). The molecule has 0 bridgehead atoms. The molecule has 2 N–H and O–H groups in total. The van der Waals surface area contributed by atoms with Crippen LogP contribution in [0.25, 0.3) is 0 Å². The van der Waals surface area contributed by atoms with Crippen LogP contribution >= 0.6 is 0 Å². The number of ether oxygens (including phenoxy) is 1. The van der Waals surface area contributed by atoms with Crippen LogP contribution in [0.2, 0.25) is 0 Å². The van der Waals surface area contributed by atoms with Crippen LogP contribution in [-0.2, 0) is 0 Å². The van der Waals surface area contributed by atoms with Crippen LogP contribution in [0.5, 0.6) is 5.75 Å². The number of rotatable bonds is 6. The number of hydrogen-bond acceptors (Lipinski definition) is 4. The highest BCUT2D eigenvalue weighted by atomic mass is 16.5. The predicted molar refractivity (Wildman–Crippen MR) is 78.6 cm³/mol. The van der Waals surface area contributed by atoms with Gasteiger partial charge in [-0.15, -0.1) is 0 Å². The fourth-order valence-electron chi connectivity index (χ4n) is 3.11. The lowest BCUT2D eigenvalue weighted by atomic mass is 10.0. The summed E-state index contributed by atoms with van der Waals surface area (Å²) in [5.41, 5.74) is 5.91. The molecule has 2 atom stereocenters. The molecule has 4 nitrogen and oxygen atoms in total. The van der Waals surface area contributed by atoms with Crippen LogP contribution in [0.3, 0.4) is 0 Å². The van der Waals surface area contributed by atoms with E-state index in [0.29, 0.717) is 18.6 Å². The summed E-state index contributed by atoms with van der Waals surface area (Å²) in [4.78, 5) is 6.91. The minimum Gasteiger partial charge on any atom is -0.490 e. The fourth-order valence-corrected chi connectivity index (χ4v) is 3.11. The normalized spacial score (nSPS) is 22.5. The minimum atomic E-state index is 0.504. The highest BCUT2D eigenvalue weighted by Gasteiger charge is 2.32. The Bertz CT molecular complexity index is 397. The number of anilines is 1. The first kappa shape index (κ1) is 14.1. The topological polar surface area (TPSA) is 51.4 Å². The predicted octanol–water partition coefficient (Wildman–Crippen LogP) is 2.43. The van der Waals surface area contributed by atoms with Gasteiger partial charge < -0.3 is 15.4 Å². The first-order chi connectivity index (χ1) is 9.31. The smallest absolute Gasteiger partial charge is 0.171 e. The largest absolute Gasteiger partial charge is 0.490 e. The van der Waals surface area contributed by atoms with Crippen molar-refractivity contribution in [3.05, 3.63) is 18.3 Å². The lowest BCUT2D eigenvalue weighted by molar-refractivity contribution is 0.336. The highest BCUT2D eigenvalue weighted by Crippen LogP contribution is 2.35. The van der Waals surface area contributed by atoms with E-state index in [1.165, 1.54) is 19.3 Å². The molecule has 1 aliphatic rings. The van der Waals surface area contributed by atoms with Crippen LogP contribution < -0.4 is 15.4 Å². The van der Waals surface area contributed by atoms with E-state index in [1.54, 1.807) is 0 Å². The molecule has 0 aliphatic heterocycles. The molecule has 4 heteroatoms. The third-order valence-electron chi connectivity index (χ3n) is 3.99. The van der Waals surface area contributed by atoms with Gasteiger partial charge in [-0.1, -0.05) is 6.42 Å². The summed E-state index contributed by atoms with van der Waals surface area (Å²) in [6, 6.07) is 4.43. The molecule has 0 aromatic carbocycles. The molecule has 2 unspecified atom stereocenters. The first-order valence-corrected chi connectivity index (χ1v) is 7.36. The maximum absolute atomic E-state index is 5.91. The molecular formula is C15H25N3O. The van der Waals surface area contributed by atoms with Crippen molar-refractivity contribution in [3.63, 3.8) is 0 Å². The summed E-state index contributed by atoms with van der Waals surface area (Å²) < 4.78 is 5.71. The van der Waals surface area contributed by atoms with E-state index in [-0.39, 0.29) is 0 Å². The zero-order chi connectivity index (χ0) is 13.7. The van der Waals surface area contributed by atoms with Crippen molar-refractivity contribution >= 4 is 5.82 Å². The fraction of sp³-hybridized carbons (Fsp3) is 0.667. The van der Waals surface area contributed by atoms with Gasteiger partial charge in [0.15, 0.2) is 11.6 Å². The first-order valence-electron chi connectivity index (χ1n) is 7.36. The molecule has 1 heterocycles. The molecular weight excluding hydrogens is 238 g/mol. The van der Waals surface area contributed by atoms with Gasteiger partial charge in [0.05, 0.1) is 6.61 Å². The van der Waals surface area contributed by atoms with Gasteiger partial charge in [0.25, 0.3) is 0 Å². The maximum Gasteiger partial charge on any atom is 0.171 e. The van der Waals surface area contributed by atoms with Crippen molar-refractivity contribution in [2.75, 3.05) is 24.6 Å². The standard InChI is InChI=1S/C15H25N3O/c1-3-18(13-8-5-7-12(13)11-16)15-14(19-4-2)9-6-10-17-15/h6,9-10,12-13H,3-5,7-8,11,16H2,1-2H3. The molecule has 1 fully saturated rings. The lowest BCUT2D eigenvalue weighted by Crippen LogP contribution is -2.41. The van der Waals surface area contributed by atoms with Crippen LogP contribution in [0.15, 0.2) is 18.3 Å². The third-order valence-corrected chi connectivity index (χ3v) is 3.99. The maximum atomic E-state index is 5.91. The van der Waals surface area contributed by atoms with Gasteiger partial charge in [-0.2, -0.15) is 0 Å². The van der Waals surface area contributed by atoms with Crippen molar-refractivity contribution in [2.45, 2.75) is 39.2 Å². The quantitative estimate of drug-likeness (QED) is 0.856. The van der Waals surface area contributed by atoms with Crippen LogP contribution in [0, 0.1) is 5.92 Å². The van der Waals surface area contributed by atoms with Crippen molar-refractivity contribution in [3.8, 4) is 5.75 Å². The summed E-state index contributed by atoms with van der Waals surface area (Å²) in [7, 11) is 0. The third kappa shape index (κ3) is 3.00. The lowest BCUT2D eigenvalue weighted by Gasteiger charge is -2.33. The monoisotopic (exact) mass is 263 g/mol. The van der Waals surface area contributed by atoms with Gasteiger partial charge in [0, 0.05) is 18.8 Å². The second-order valence-electron chi connectivity index (χ2n) is 5.04. The molecule has 0 spiro atoms. The molecule has 1 aliphatic carbocycles. The van der Waals surface area contributed by atoms with Gasteiger partial charge in [-0.3, -0.25) is 0 Å². The molecule has 1 aromatic heterocycles. The van der Waals surface area contributed by atoms with Crippen LogP contribution in [0.4, 0.5) is 5.82 Å². The van der Waals surface area contributed by atoms with Gasteiger partial charge in [-0.25, -0.2) is 4.98 Å². The summed E-state index contributed by atoms with van der Waals surface area (Å²) in [6.07, 6.45) is 5.54. The van der Waals surface area contributed by atoms with E-state index < -0.39 is 0 Å². The average molecular weight is 263 g/mol. The van der Waals surface area contributed by atoms with Gasteiger partial charge in [0.1, 0.15) is 0 Å². The van der Waals surface area contributed by atoms with E-state index in [1.807, 2.05) is 25.3 Å². The van der Waals surface area contributed by atoms with Crippen molar-refractivity contribution in [1.29, 1.82) is 0 Å². The highest BCUT2D eigenvalue weighted by molar-refractivity contribution is 5.53. The molecule has 0 amide bonds. The Labute approximate surface area is 116 Å². The number of pyridine rings is 1. The molecule has 19 heavy (non-hydrogen) atoms. The Hall–Kier alpha value is -1.29. The van der Waals surface area contributed by atoms with Gasteiger partial charge in [0.2, 0.25) is 0 Å². The number of nitrogens with zero attached hydrogens (tertiary/aromatic N) is 2. The second-order valence-corrected chi connectivity index (χ2v) is 5.04. The van der Waals surface area contributed by atoms with E-state index >= 15 is 0 Å².